The molecule has 0 aromatic carbocycles. The highest BCUT2D eigenvalue weighted by Gasteiger charge is 2.34. The Morgan fingerprint density at radius 3 is 2.14 bits per heavy atom. The zero-order valence-electron chi connectivity index (χ0n) is 15.0. The highest BCUT2D eigenvalue weighted by Crippen LogP contribution is 2.21. The largest absolute Gasteiger partial charge is 0.464 e. The average molecular weight is 315 g/mol. The minimum absolute atomic E-state index is 0.364. The third kappa shape index (κ3) is 9.64. The quantitative estimate of drug-likeness (QED) is 0.517. The molecule has 0 bridgehead atoms. The molecule has 0 radical (unpaired) electrons. The molecular weight excluding hydrogens is 282 g/mol. The standard InChI is InChI=1S/C17H33NO4/c1-7-8-11-22-16(20)18-14(17(4,5)6)15(19)21-12-9-10-13(2)3/h13-14H,7-12H2,1-6H3,(H,18,20). The van der Waals surface area contributed by atoms with Crippen molar-refractivity contribution in [2.45, 2.75) is 73.3 Å². The zero-order chi connectivity index (χ0) is 17.2. The molecule has 1 N–H and O–H groups in total. The smallest absolute Gasteiger partial charge is 0.407 e. The van der Waals surface area contributed by atoms with E-state index in [9.17, 15) is 9.59 Å². The van der Waals surface area contributed by atoms with Crippen molar-refractivity contribution in [2.75, 3.05) is 13.2 Å². The number of alkyl carbamates (subject to hydrolysis) is 1. The van der Waals surface area contributed by atoms with Gasteiger partial charge in [0.05, 0.1) is 13.2 Å². The van der Waals surface area contributed by atoms with E-state index in [2.05, 4.69) is 19.2 Å². The molecule has 0 fully saturated rings. The third-order valence-electron chi connectivity index (χ3n) is 3.27. The van der Waals surface area contributed by atoms with E-state index in [1.165, 1.54) is 0 Å². The Balaban J connectivity index is 4.39. The van der Waals surface area contributed by atoms with Crippen LogP contribution >= 0.6 is 0 Å². The second kappa shape index (κ2) is 10.5. The van der Waals surface area contributed by atoms with Crippen LogP contribution in [0.3, 0.4) is 0 Å². The summed E-state index contributed by atoms with van der Waals surface area (Å²) < 4.78 is 10.4. The van der Waals surface area contributed by atoms with Gasteiger partial charge in [0, 0.05) is 0 Å². The van der Waals surface area contributed by atoms with E-state index in [0.717, 1.165) is 25.7 Å². The van der Waals surface area contributed by atoms with Gasteiger partial charge in [0.2, 0.25) is 0 Å². The molecule has 0 aliphatic heterocycles. The van der Waals surface area contributed by atoms with Crippen LogP contribution in [0.25, 0.3) is 0 Å². The highest BCUT2D eigenvalue weighted by molar-refractivity contribution is 5.82. The third-order valence-corrected chi connectivity index (χ3v) is 3.27. The second-order valence-electron chi connectivity index (χ2n) is 7.14. The summed E-state index contributed by atoms with van der Waals surface area (Å²) in [5.74, 6) is 0.187. The SMILES string of the molecule is CCCCOC(=O)NC(C(=O)OCCCC(C)C)C(C)(C)C. The van der Waals surface area contributed by atoms with Crippen LogP contribution in [0.4, 0.5) is 4.79 Å². The van der Waals surface area contributed by atoms with Gasteiger partial charge in [-0.15, -0.1) is 0 Å². The van der Waals surface area contributed by atoms with E-state index in [1.54, 1.807) is 0 Å². The lowest BCUT2D eigenvalue weighted by Crippen LogP contribution is -2.50. The van der Waals surface area contributed by atoms with Crippen LogP contribution in [0.15, 0.2) is 0 Å². The lowest BCUT2D eigenvalue weighted by Gasteiger charge is -2.29. The number of hydrogen-bond acceptors (Lipinski definition) is 4. The number of carbonyl (C=O) groups is 2. The number of hydrogen-bond donors (Lipinski definition) is 1. The van der Waals surface area contributed by atoms with Crippen molar-refractivity contribution in [3.8, 4) is 0 Å². The summed E-state index contributed by atoms with van der Waals surface area (Å²) >= 11 is 0. The molecule has 1 atom stereocenters. The lowest BCUT2D eigenvalue weighted by atomic mass is 9.87. The minimum atomic E-state index is -0.708. The number of nitrogens with one attached hydrogen (secondary N) is 1. The van der Waals surface area contributed by atoms with Crippen molar-refractivity contribution < 1.29 is 19.1 Å². The van der Waals surface area contributed by atoms with Crippen LogP contribution in [0.5, 0.6) is 0 Å². The topological polar surface area (TPSA) is 64.6 Å². The van der Waals surface area contributed by atoms with Crippen molar-refractivity contribution in [3.63, 3.8) is 0 Å². The van der Waals surface area contributed by atoms with Gasteiger partial charge in [-0.25, -0.2) is 9.59 Å². The molecule has 0 heterocycles. The Morgan fingerprint density at radius 1 is 1.05 bits per heavy atom. The molecule has 0 aromatic heterocycles. The van der Waals surface area contributed by atoms with Gasteiger partial charge in [0.1, 0.15) is 6.04 Å². The molecule has 0 spiro atoms. The van der Waals surface area contributed by atoms with E-state index in [1.807, 2.05) is 27.7 Å². The van der Waals surface area contributed by atoms with Crippen molar-refractivity contribution in [1.82, 2.24) is 5.32 Å². The van der Waals surface area contributed by atoms with Gasteiger partial charge in [-0.05, 0) is 30.6 Å². The van der Waals surface area contributed by atoms with Gasteiger partial charge in [-0.1, -0.05) is 48.0 Å². The van der Waals surface area contributed by atoms with Crippen molar-refractivity contribution in [1.29, 1.82) is 0 Å². The minimum Gasteiger partial charge on any atom is -0.464 e. The lowest BCUT2D eigenvalue weighted by molar-refractivity contribution is -0.149. The summed E-state index contributed by atoms with van der Waals surface area (Å²) in [6.45, 7) is 12.7. The normalized spacial score (nSPS) is 12.9. The summed E-state index contributed by atoms with van der Waals surface area (Å²) in [5.41, 5.74) is -0.432. The molecular formula is C17H33NO4. The first-order chi connectivity index (χ1) is 10.2. The molecule has 0 saturated carbocycles. The van der Waals surface area contributed by atoms with E-state index in [4.69, 9.17) is 9.47 Å². The number of ether oxygens (including phenoxy) is 2. The highest BCUT2D eigenvalue weighted by atomic mass is 16.6. The molecule has 5 nitrogen and oxygen atoms in total. The van der Waals surface area contributed by atoms with Gasteiger partial charge in [0.15, 0.2) is 0 Å². The maximum Gasteiger partial charge on any atom is 0.407 e. The summed E-state index contributed by atoms with van der Waals surface area (Å²) in [6.07, 6.45) is 3.05. The van der Waals surface area contributed by atoms with Crippen molar-refractivity contribution in [2.24, 2.45) is 11.3 Å². The summed E-state index contributed by atoms with van der Waals surface area (Å²) in [6, 6.07) is -0.708. The maximum atomic E-state index is 12.2. The van der Waals surface area contributed by atoms with E-state index >= 15 is 0 Å². The molecule has 0 aliphatic carbocycles. The fraction of sp³-hybridized carbons (Fsp3) is 0.882. The van der Waals surface area contributed by atoms with Crippen LogP contribution in [0, 0.1) is 11.3 Å². The van der Waals surface area contributed by atoms with Gasteiger partial charge < -0.3 is 14.8 Å². The Labute approximate surface area is 135 Å². The van der Waals surface area contributed by atoms with Crippen molar-refractivity contribution >= 4 is 12.1 Å². The summed E-state index contributed by atoms with van der Waals surface area (Å²) in [7, 11) is 0. The Kier molecular flexibility index (Phi) is 9.86. The van der Waals surface area contributed by atoms with Gasteiger partial charge in [0.25, 0.3) is 0 Å². The predicted molar refractivity (Wildman–Crippen MR) is 87.7 cm³/mol. The molecule has 1 amide bonds. The second-order valence-corrected chi connectivity index (χ2v) is 7.14. The number of amides is 1. The van der Waals surface area contributed by atoms with Gasteiger partial charge in [-0.3, -0.25) is 0 Å². The van der Waals surface area contributed by atoms with E-state index in [-0.39, 0.29) is 0 Å². The molecule has 0 rings (SSSR count). The van der Waals surface area contributed by atoms with Gasteiger partial charge >= 0.3 is 12.1 Å². The Bertz CT molecular complexity index is 334. The molecule has 130 valence electrons. The first-order valence-corrected chi connectivity index (χ1v) is 8.28. The summed E-state index contributed by atoms with van der Waals surface area (Å²) in [4.78, 5) is 24.0. The first-order valence-electron chi connectivity index (χ1n) is 8.28. The summed E-state index contributed by atoms with van der Waals surface area (Å²) in [5, 5.41) is 2.63. The molecule has 1 unspecified atom stereocenters. The Morgan fingerprint density at radius 2 is 1.64 bits per heavy atom. The molecule has 0 saturated heterocycles. The fourth-order valence-corrected chi connectivity index (χ4v) is 1.85. The average Bonchev–Trinajstić information content (AvgIpc) is 2.39. The fourth-order valence-electron chi connectivity index (χ4n) is 1.85. The van der Waals surface area contributed by atoms with Crippen LogP contribution in [-0.2, 0) is 14.3 Å². The Hall–Kier alpha value is -1.26. The van der Waals surface area contributed by atoms with E-state index in [0.29, 0.717) is 19.1 Å². The van der Waals surface area contributed by atoms with E-state index < -0.39 is 23.5 Å². The molecule has 0 aromatic rings. The molecule has 5 heteroatoms. The van der Waals surface area contributed by atoms with Crippen LogP contribution in [0.1, 0.15) is 67.2 Å². The monoisotopic (exact) mass is 315 g/mol. The number of rotatable bonds is 9. The number of unbranched alkanes of at least 4 members (excludes halogenated alkanes) is 1. The number of esters is 1. The maximum absolute atomic E-state index is 12.2. The zero-order valence-corrected chi connectivity index (χ0v) is 15.0. The number of carbonyl (C=O) groups excluding carboxylic acids is 2. The first kappa shape index (κ1) is 20.7. The predicted octanol–water partition coefficient (Wildman–Crippen LogP) is 3.91. The molecule has 0 aliphatic rings. The van der Waals surface area contributed by atoms with Crippen LogP contribution < -0.4 is 5.32 Å². The van der Waals surface area contributed by atoms with Crippen molar-refractivity contribution in [3.05, 3.63) is 0 Å². The molecule has 22 heavy (non-hydrogen) atoms. The van der Waals surface area contributed by atoms with Gasteiger partial charge in [-0.2, -0.15) is 0 Å². The van der Waals surface area contributed by atoms with Crippen LogP contribution in [-0.4, -0.2) is 31.3 Å². The van der Waals surface area contributed by atoms with Crippen LogP contribution in [0.2, 0.25) is 0 Å².